The Bertz CT molecular complexity index is 886. The minimum atomic E-state index is -0.329. The van der Waals surface area contributed by atoms with Crippen molar-refractivity contribution in [2.24, 2.45) is 0 Å². The topological polar surface area (TPSA) is 59.0 Å². The summed E-state index contributed by atoms with van der Waals surface area (Å²) in [5, 5.41) is 3.16. The average Bonchev–Trinajstić information content (AvgIpc) is 3.03. The van der Waals surface area contributed by atoms with E-state index in [1.165, 1.54) is 5.56 Å². The molecular weight excluding hydrogens is 336 g/mol. The Morgan fingerprint density at radius 3 is 2.60 bits per heavy atom. The summed E-state index contributed by atoms with van der Waals surface area (Å²) in [7, 11) is 1.96. The Morgan fingerprint density at radius 1 is 1.20 bits per heavy atom. The van der Waals surface area contributed by atoms with Crippen molar-refractivity contribution < 1.29 is 4.79 Å². The van der Waals surface area contributed by atoms with Gasteiger partial charge in [-0.25, -0.2) is 4.98 Å². The second kappa shape index (κ2) is 7.68. The van der Waals surface area contributed by atoms with E-state index >= 15 is 0 Å². The van der Waals surface area contributed by atoms with Crippen LogP contribution >= 0.6 is 11.8 Å². The Hall–Kier alpha value is -2.37. The van der Waals surface area contributed by atoms with Crippen LogP contribution in [0, 0.1) is 0 Å². The van der Waals surface area contributed by atoms with Gasteiger partial charge in [0.15, 0.2) is 0 Å². The molecule has 3 aromatic rings. The molecule has 0 aliphatic carbocycles. The lowest BCUT2D eigenvalue weighted by molar-refractivity contribution is 0.0982. The van der Waals surface area contributed by atoms with Crippen LogP contribution in [0.5, 0.6) is 0 Å². The summed E-state index contributed by atoms with van der Waals surface area (Å²) in [4.78, 5) is 18.5. The first-order valence-corrected chi connectivity index (χ1v) is 8.72. The van der Waals surface area contributed by atoms with Crippen LogP contribution in [-0.2, 0) is 12.8 Å². The number of hydrogen-bond donors (Lipinski definition) is 2. The van der Waals surface area contributed by atoms with Gasteiger partial charge in [-0.05, 0) is 55.9 Å². The molecule has 5 nitrogen and oxygen atoms in total. The maximum absolute atomic E-state index is 11.7. The van der Waals surface area contributed by atoms with Crippen LogP contribution in [0.4, 0.5) is 0 Å². The van der Waals surface area contributed by atoms with E-state index in [1.54, 1.807) is 12.1 Å². The highest BCUT2D eigenvalue weighted by Crippen LogP contribution is 2.23. The molecule has 1 amide bonds. The van der Waals surface area contributed by atoms with Gasteiger partial charge in [0.05, 0.1) is 11.0 Å². The molecule has 1 aromatic heterocycles. The second-order valence-electron chi connectivity index (χ2n) is 5.86. The molecule has 25 heavy (non-hydrogen) atoms. The molecule has 0 saturated heterocycles. The summed E-state index contributed by atoms with van der Waals surface area (Å²) in [6.45, 7) is 3.03. The maximum Gasteiger partial charge on any atom is 0.265 e. The number of benzene rings is 2. The number of rotatable bonds is 6. The smallest absolute Gasteiger partial charge is 0.265 e. The highest BCUT2D eigenvalue weighted by Gasteiger charge is 2.13. The number of likely N-dealkylation sites (N-methyl/N-ethyl adjacent to an activating group) is 1. The van der Waals surface area contributed by atoms with Crippen molar-refractivity contribution in [3.05, 3.63) is 59.4 Å². The van der Waals surface area contributed by atoms with Crippen LogP contribution in [0.3, 0.4) is 0 Å². The van der Waals surface area contributed by atoms with Gasteiger partial charge in [-0.2, -0.15) is 0 Å². The normalized spacial score (nSPS) is 11.0. The molecule has 0 aliphatic rings. The molecule has 0 radical (unpaired) electrons. The highest BCUT2D eigenvalue weighted by molar-refractivity contribution is 6.24. The van der Waals surface area contributed by atoms with Crippen molar-refractivity contribution in [3.8, 4) is 5.69 Å². The number of carbonyl (C=O) groups is 1. The summed E-state index contributed by atoms with van der Waals surface area (Å²) >= 11 is 5.42. The van der Waals surface area contributed by atoms with E-state index in [0.717, 1.165) is 41.9 Å². The molecule has 0 atom stereocenters. The first-order valence-electron chi connectivity index (χ1n) is 8.34. The van der Waals surface area contributed by atoms with Gasteiger partial charge >= 0.3 is 0 Å². The molecule has 0 aliphatic heterocycles. The number of carbonyl (C=O) groups excluding carboxylic acids is 1. The average molecular weight is 357 g/mol. The minimum absolute atomic E-state index is 0.329. The zero-order valence-electron chi connectivity index (χ0n) is 14.3. The summed E-state index contributed by atoms with van der Waals surface area (Å²) in [5.41, 5.74) is 4.63. The fourth-order valence-electron chi connectivity index (χ4n) is 2.93. The molecule has 6 heteroatoms. The van der Waals surface area contributed by atoms with Crippen molar-refractivity contribution in [3.63, 3.8) is 0 Å². The van der Waals surface area contributed by atoms with E-state index < -0.39 is 0 Å². The van der Waals surface area contributed by atoms with Gasteiger partial charge in [0.2, 0.25) is 0 Å². The largest absolute Gasteiger partial charge is 0.319 e. The zero-order valence-corrected chi connectivity index (χ0v) is 15.1. The number of aryl methyl sites for hydroxylation is 1. The summed E-state index contributed by atoms with van der Waals surface area (Å²) < 4.78 is 2.14. The first kappa shape index (κ1) is 17.5. The predicted octanol–water partition coefficient (Wildman–Crippen LogP) is 3.23. The van der Waals surface area contributed by atoms with Crippen LogP contribution in [0.25, 0.3) is 16.7 Å². The lowest BCUT2D eigenvalue weighted by Gasteiger charge is -2.10. The molecular formula is C19H21ClN4O. The monoisotopic (exact) mass is 356 g/mol. The Morgan fingerprint density at radius 2 is 1.96 bits per heavy atom. The molecule has 3 rings (SSSR count). The fraction of sp³-hybridized carbons (Fsp3) is 0.263. The number of fused-ring (bicyclic) bond motifs is 1. The molecule has 0 fully saturated rings. The molecule has 0 spiro atoms. The minimum Gasteiger partial charge on any atom is -0.319 e. The third-order valence-corrected chi connectivity index (χ3v) is 4.42. The van der Waals surface area contributed by atoms with Gasteiger partial charge < -0.3 is 5.32 Å². The van der Waals surface area contributed by atoms with E-state index in [9.17, 15) is 4.79 Å². The van der Waals surface area contributed by atoms with Gasteiger partial charge in [-0.15, -0.1) is 0 Å². The van der Waals surface area contributed by atoms with Crippen molar-refractivity contribution in [2.75, 3.05) is 13.6 Å². The Kier molecular flexibility index (Phi) is 5.36. The van der Waals surface area contributed by atoms with E-state index in [2.05, 4.69) is 50.9 Å². The molecule has 0 unspecified atom stereocenters. The summed E-state index contributed by atoms with van der Waals surface area (Å²) in [6.07, 6.45) is 1.80. The van der Waals surface area contributed by atoms with Crippen molar-refractivity contribution in [1.29, 1.82) is 0 Å². The number of nitrogens with one attached hydrogen (secondary N) is 2. The lowest BCUT2D eigenvalue weighted by Crippen LogP contribution is -2.12. The maximum atomic E-state index is 11.7. The molecule has 2 N–H and O–H groups in total. The van der Waals surface area contributed by atoms with Crippen LogP contribution < -0.4 is 10.2 Å². The van der Waals surface area contributed by atoms with Crippen LogP contribution in [0.2, 0.25) is 0 Å². The number of amides is 1. The van der Waals surface area contributed by atoms with E-state index in [1.807, 2.05) is 13.1 Å². The van der Waals surface area contributed by atoms with Crippen LogP contribution in [-0.4, -0.2) is 29.1 Å². The predicted molar refractivity (Wildman–Crippen MR) is 101 cm³/mol. The van der Waals surface area contributed by atoms with Crippen molar-refractivity contribution in [1.82, 2.24) is 19.7 Å². The van der Waals surface area contributed by atoms with E-state index in [0.29, 0.717) is 5.56 Å². The number of imidazole rings is 1. The second-order valence-corrected chi connectivity index (χ2v) is 6.05. The standard InChI is InChI=1S/C19H21ClN4O/c1-3-18-22-16-12-14(19(25)23-20)6-9-17(16)24(18)15-7-4-13(5-8-15)10-11-21-2/h4-9,12,21H,3,10-11H2,1-2H3,(H,23,25). The molecule has 0 bridgehead atoms. The number of halogens is 1. The first-order chi connectivity index (χ1) is 12.2. The van der Waals surface area contributed by atoms with E-state index in [4.69, 9.17) is 11.8 Å². The van der Waals surface area contributed by atoms with Crippen molar-refractivity contribution >= 4 is 28.7 Å². The lowest BCUT2D eigenvalue weighted by atomic mass is 10.1. The molecule has 1 heterocycles. The van der Waals surface area contributed by atoms with Crippen molar-refractivity contribution in [2.45, 2.75) is 19.8 Å². The van der Waals surface area contributed by atoms with Crippen LogP contribution in [0.1, 0.15) is 28.7 Å². The van der Waals surface area contributed by atoms with Gasteiger partial charge in [-0.1, -0.05) is 19.1 Å². The SMILES string of the molecule is CCc1nc2cc(C(=O)NCl)ccc2n1-c1ccc(CCNC)cc1. The molecule has 2 aromatic carbocycles. The summed E-state index contributed by atoms with van der Waals surface area (Å²) in [6, 6.07) is 14.0. The van der Waals surface area contributed by atoms with E-state index in [-0.39, 0.29) is 5.91 Å². The third kappa shape index (κ3) is 3.52. The fourth-order valence-corrected chi connectivity index (χ4v) is 3.04. The highest BCUT2D eigenvalue weighted by atomic mass is 35.5. The van der Waals surface area contributed by atoms with Gasteiger partial charge in [0.1, 0.15) is 5.82 Å². The van der Waals surface area contributed by atoms with Gasteiger partial charge in [0, 0.05) is 29.4 Å². The van der Waals surface area contributed by atoms with Gasteiger partial charge in [-0.3, -0.25) is 14.2 Å². The summed E-state index contributed by atoms with van der Waals surface area (Å²) in [5.74, 6) is 0.631. The molecule has 130 valence electrons. The quantitative estimate of drug-likeness (QED) is 0.667. The Balaban J connectivity index is 2.04. The molecule has 0 saturated carbocycles. The number of nitrogens with zero attached hydrogens (tertiary/aromatic N) is 2. The van der Waals surface area contributed by atoms with Crippen LogP contribution in [0.15, 0.2) is 42.5 Å². The van der Waals surface area contributed by atoms with Gasteiger partial charge in [0.25, 0.3) is 5.91 Å². The third-order valence-electron chi connectivity index (χ3n) is 4.25. The number of aromatic nitrogens is 2. The zero-order chi connectivity index (χ0) is 17.8. The number of hydrogen-bond acceptors (Lipinski definition) is 3. The Labute approximate surface area is 152 Å².